The number of aliphatic hydroxyl groups is 1. The highest BCUT2D eigenvalue weighted by Gasteiger charge is 2.32. The molecule has 98 valence electrons. The Morgan fingerprint density at radius 2 is 2.22 bits per heavy atom. The van der Waals surface area contributed by atoms with Gasteiger partial charge in [0.05, 0.1) is 18.3 Å². The van der Waals surface area contributed by atoms with Crippen LogP contribution in [0.3, 0.4) is 0 Å². The maximum absolute atomic E-state index is 13.7. The maximum Gasteiger partial charge on any atom is 0.260 e. The number of hydrogen-bond acceptors (Lipinski definition) is 3. The molecule has 1 saturated heterocycles. The van der Waals surface area contributed by atoms with Gasteiger partial charge in [-0.3, -0.25) is 4.79 Å². The SMILES string of the molecule is Nc1ccc(F)c(C(=O)N2CCC[C@H]2CO)c1F. The summed E-state index contributed by atoms with van der Waals surface area (Å²) in [7, 11) is 0. The average molecular weight is 256 g/mol. The summed E-state index contributed by atoms with van der Waals surface area (Å²) < 4.78 is 27.3. The summed E-state index contributed by atoms with van der Waals surface area (Å²) >= 11 is 0. The van der Waals surface area contributed by atoms with E-state index in [1.165, 1.54) is 4.90 Å². The minimum atomic E-state index is -1.04. The van der Waals surface area contributed by atoms with Crippen LogP contribution in [0, 0.1) is 11.6 Å². The number of nitrogen functional groups attached to an aromatic ring is 1. The highest BCUT2D eigenvalue weighted by atomic mass is 19.1. The molecule has 0 bridgehead atoms. The first-order valence-electron chi connectivity index (χ1n) is 5.71. The molecule has 18 heavy (non-hydrogen) atoms. The molecule has 0 unspecified atom stereocenters. The van der Waals surface area contributed by atoms with E-state index in [9.17, 15) is 13.6 Å². The van der Waals surface area contributed by atoms with Gasteiger partial charge in [0.15, 0.2) is 5.82 Å². The zero-order chi connectivity index (χ0) is 13.3. The normalized spacial score (nSPS) is 19.3. The number of aliphatic hydroxyl groups excluding tert-OH is 1. The van der Waals surface area contributed by atoms with Crippen LogP contribution in [0.5, 0.6) is 0 Å². The van der Waals surface area contributed by atoms with Crippen molar-refractivity contribution in [1.29, 1.82) is 0 Å². The first kappa shape index (κ1) is 12.8. The highest BCUT2D eigenvalue weighted by Crippen LogP contribution is 2.24. The Balaban J connectivity index is 2.37. The summed E-state index contributed by atoms with van der Waals surface area (Å²) in [5.74, 6) is -2.73. The van der Waals surface area contributed by atoms with Gasteiger partial charge in [0.1, 0.15) is 11.4 Å². The number of likely N-dealkylation sites (tertiary alicyclic amines) is 1. The average Bonchev–Trinajstić information content (AvgIpc) is 2.82. The van der Waals surface area contributed by atoms with Crippen molar-refractivity contribution in [3.05, 3.63) is 29.3 Å². The van der Waals surface area contributed by atoms with Crippen molar-refractivity contribution in [3.8, 4) is 0 Å². The van der Waals surface area contributed by atoms with E-state index in [0.717, 1.165) is 12.1 Å². The quantitative estimate of drug-likeness (QED) is 0.780. The molecule has 1 aromatic rings. The smallest absolute Gasteiger partial charge is 0.260 e. The number of halogens is 2. The Bertz CT molecular complexity index is 479. The van der Waals surface area contributed by atoms with Crippen LogP contribution in [-0.4, -0.2) is 35.1 Å². The number of anilines is 1. The number of carbonyl (C=O) groups is 1. The van der Waals surface area contributed by atoms with Crippen LogP contribution in [-0.2, 0) is 0 Å². The fourth-order valence-electron chi connectivity index (χ4n) is 2.20. The van der Waals surface area contributed by atoms with Crippen LogP contribution in [0.15, 0.2) is 12.1 Å². The zero-order valence-electron chi connectivity index (χ0n) is 9.70. The summed E-state index contributed by atoms with van der Waals surface area (Å²) in [5, 5.41) is 9.12. The third-order valence-corrected chi connectivity index (χ3v) is 3.18. The van der Waals surface area contributed by atoms with Crippen LogP contribution >= 0.6 is 0 Å². The van der Waals surface area contributed by atoms with Gasteiger partial charge in [-0.05, 0) is 25.0 Å². The van der Waals surface area contributed by atoms with Crippen molar-refractivity contribution < 1.29 is 18.7 Å². The van der Waals surface area contributed by atoms with Crippen molar-refractivity contribution >= 4 is 11.6 Å². The van der Waals surface area contributed by atoms with Crippen molar-refractivity contribution in [1.82, 2.24) is 4.90 Å². The van der Waals surface area contributed by atoms with Crippen molar-refractivity contribution in [3.63, 3.8) is 0 Å². The topological polar surface area (TPSA) is 66.6 Å². The molecule has 1 heterocycles. The molecule has 0 radical (unpaired) electrons. The third kappa shape index (κ3) is 2.03. The minimum Gasteiger partial charge on any atom is -0.396 e. The number of nitrogens with zero attached hydrogens (tertiary/aromatic N) is 1. The molecule has 1 aliphatic rings. The van der Waals surface area contributed by atoms with Crippen molar-refractivity contribution in [2.75, 3.05) is 18.9 Å². The van der Waals surface area contributed by atoms with E-state index in [1.807, 2.05) is 0 Å². The summed E-state index contributed by atoms with van der Waals surface area (Å²) in [5.41, 5.74) is 4.42. The second kappa shape index (κ2) is 4.89. The molecule has 1 aliphatic heterocycles. The molecule has 6 heteroatoms. The number of amides is 1. The monoisotopic (exact) mass is 256 g/mol. The second-order valence-electron chi connectivity index (χ2n) is 4.30. The molecule has 1 aromatic carbocycles. The van der Waals surface area contributed by atoms with Gasteiger partial charge in [-0.15, -0.1) is 0 Å². The van der Waals surface area contributed by atoms with E-state index in [2.05, 4.69) is 0 Å². The molecule has 1 atom stereocenters. The first-order valence-corrected chi connectivity index (χ1v) is 5.71. The van der Waals surface area contributed by atoms with Gasteiger partial charge in [0, 0.05) is 6.54 Å². The van der Waals surface area contributed by atoms with E-state index in [0.29, 0.717) is 19.4 Å². The fourth-order valence-corrected chi connectivity index (χ4v) is 2.20. The molecule has 2 rings (SSSR count). The first-order chi connectivity index (χ1) is 8.56. The number of nitrogens with two attached hydrogens (primary N) is 1. The van der Waals surface area contributed by atoms with Gasteiger partial charge in [0.25, 0.3) is 5.91 Å². The van der Waals surface area contributed by atoms with Crippen molar-refractivity contribution in [2.24, 2.45) is 0 Å². The summed E-state index contributed by atoms with van der Waals surface area (Å²) in [6.07, 6.45) is 1.34. The fraction of sp³-hybridized carbons (Fsp3) is 0.417. The lowest BCUT2D eigenvalue weighted by Crippen LogP contribution is -2.38. The second-order valence-corrected chi connectivity index (χ2v) is 4.30. The molecular formula is C12H14F2N2O2. The van der Waals surface area contributed by atoms with Gasteiger partial charge in [-0.2, -0.15) is 0 Å². The van der Waals surface area contributed by atoms with Crippen LogP contribution in [0.25, 0.3) is 0 Å². The van der Waals surface area contributed by atoms with E-state index in [1.54, 1.807) is 0 Å². The molecule has 3 N–H and O–H groups in total. The van der Waals surface area contributed by atoms with Gasteiger partial charge < -0.3 is 15.7 Å². The molecule has 0 aromatic heterocycles. The number of rotatable bonds is 2. The predicted molar refractivity (Wildman–Crippen MR) is 61.9 cm³/mol. The Morgan fingerprint density at radius 3 is 2.89 bits per heavy atom. The maximum atomic E-state index is 13.7. The lowest BCUT2D eigenvalue weighted by Gasteiger charge is -2.23. The largest absolute Gasteiger partial charge is 0.396 e. The molecule has 1 amide bonds. The summed E-state index contributed by atoms with van der Waals surface area (Å²) in [6.45, 7) is 0.176. The number of benzene rings is 1. The molecule has 0 saturated carbocycles. The van der Waals surface area contributed by atoms with Crippen molar-refractivity contribution in [2.45, 2.75) is 18.9 Å². The summed E-state index contributed by atoms with van der Waals surface area (Å²) in [6, 6.07) is 1.67. The Hall–Kier alpha value is -1.69. The van der Waals surface area contributed by atoms with Crippen LogP contribution in [0.2, 0.25) is 0 Å². The standard InChI is InChI=1S/C12H14F2N2O2/c13-8-3-4-9(15)11(14)10(8)12(18)16-5-1-2-7(16)6-17/h3-4,7,17H,1-2,5-6,15H2/t7-/m0/s1. The van der Waals surface area contributed by atoms with Gasteiger partial charge >= 0.3 is 0 Å². The van der Waals surface area contributed by atoms with E-state index >= 15 is 0 Å². The Labute approximate surface area is 103 Å². The molecule has 0 aliphatic carbocycles. The summed E-state index contributed by atoms with van der Waals surface area (Å²) in [4.78, 5) is 13.4. The van der Waals surface area contributed by atoms with E-state index < -0.39 is 23.1 Å². The highest BCUT2D eigenvalue weighted by molar-refractivity contribution is 5.96. The minimum absolute atomic E-state index is 0.211. The predicted octanol–water partition coefficient (Wildman–Crippen LogP) is 1.14. The lowest BCUT2D eigenvalue weighted by molar-refractivity contribution is 0.0668. The number of carbonyl (C=O) groups excluding carboxylic acids is 1. The van der Waals surface area contributed by atoms with Crippen LogP contribution in [0.1, 0.15) is 23.2 Å². The molecule has 4 nitrogen and oxygen atoms in total. The molecule has 1 fully saturated rings. The molecular weight excluding hydrogens is 242 g/mol. The Morgan fingerprint density at radius 1 is 1.50 bits per heavy atom. The Kier molecular flexibility index (Phi) is 3.47. The molecule has 0 spiro atoms. The lowest BCUT2D eigenvalue weighted by atomic mass is 10.1. The van der Waals surface area contributed by atoms with Crippen LogP contribution < -0.4 is 5.73 Å². The number of hydrogen-bond donors (Lipinski definition) is 2. The zero-order valence-corrected chi connectivity index (χ0v) is 9.70. The van der Waals surface area contributed by atoms with Gasteiger partial charge in [-0.25, -0.2) is 8.78 Å². The third-order valence-electron chi connectivity index (χ3n) is 3.18. The van der Waals surface area contributed by atoms with Gasteiger partial charge in [-0.1, -0.05) is 0 Å². The van der Waals surface area contributed by atoms with E-state index in [4.69, 9.17) is 10.8 Å². The van der Waals surface area contributed by atoms with Gasteiger partial charge in [0.2, 0.25) is 0 Å². The van der Waals surface area contributed by atoms with Crippen LogP contribution in [0.4, 0.5) is 14.5 Å². The van der Waals surface area contributed by atoms with E-state index in [-0.39, 0.29) is 18.3 Å².